The van der Waals surface area contributed by atoms with E-state index in [0.29, 0.717) is 29.3 Å². The van der Waals surface area contributed by atoms with Crippen LogP contribution >= 0.6 is 11.6 Å². The Labute approximate surface area is 158 Å². The Kier molecular flexibility index (Phi) is 7.18. The molecule has 0 unspecified atom stereocenters. The van der Waals surface area contributed by atoms with Crippen molar-refractivity contribution in [2.45, 2.75) is 13.3 Å². The SMILES string of the molecule is Cc1cc(Cl)ccc1-c1ccc(C(=O)OCCCN(C)C)c(NC=O)c1. The lowest BCUT2D eigenvalue weighted by Crippen LogP contribution is -2.16. The van der Waals surface area contributed by atoms with E-state index in [1.54, 1.807) is 12.1 Å². The molecule has 0 radical (unpaired) electrons. The summed E-state index contributed by atoms with van der Waals surface area (Å²) >= 11 is 6.01. The first-order valence-corrected chi connectivity index (χ1v) is 8.72. The van der Waals surface area contributed by atoms with Gasteiger partial charge in [0.05, 0.1) is 17.9 Å². The van der Waals surface area contributed by atoms with Gasteiger partial charge >= 0.3 is 5.97 Å². The monoisotopic (exact) mass is 374 g/mol. The Morgan fingerprint density at radius 3 is 2.65 bits per heavy atom. The molecule has 0 fully saturated rings. The van der Waals surface area contributed by atoms with Crippen LogP contribution in [0.1, 0.15) is 22.3 Å². The molecule has 0 spiro atoms. The summed E-state index contributed by atoms with van der Waals surface area (Å²) in [4.78, 5) is 25.3. The van der Waals surface area contributed by atoms with Crippen molar-refractivity contribution >= 4 is 29.7 Å². The second-order valence-corrected chi connectivity index (χ2v) is 6.71. The summed E-state index contributed by atoms with van der Waals surface area (Å²) in [5.74, 6) is -0.451. The van der Waals surface area contributed by atoms with Gasteiger partial charge in [-0.2, -0.15) is 0 Å². The van der Waals surface area contributed by atoms with Gasteiger partial charge in [0, 0.05) is 11.6 Å². The molecule has 0 saturated heterocycles. The lowest BCUT2D eigenvalue weighted by atomic mass is 9.98. The minimum absolute atomic E-state index is 0.329. The van der Waals surface area contributed by atoms with E-state index in [-0.39, 0.29) is 0 Å². The van der Waals surface area contributed by atoms with Gasteiger partial charge in [0.15, 0.2) is 0 Å². The molecule has 0 aromatic heterocycles. The third kappa shape index (κ3) is 5.31. The van der Waals surface area contributed by atoms with Crippen molar-refractivity contribution in [3.05, 3.63) is 52.5 Å². The number of nitrogens with zero attached hydrogens (tertiary/aromatic N) is 1. The van der Waals surface area contributed by atoms with Gasteiger partial charge in [-0.05, 0) is 68.4 Å². The zero-order valence-electron chi connectivity index (χ0n) is 15.2. The average molecular weight is 375 g/mol. The number of aryl methyl sites for hydroxylation is 1. The molecule has 0 atom stereocenters. The molecule has 0 bridgehead atoms. The topological polar surface area (TPSA) is 58.6 Å². The number of amides is 1. The second kappa shape index (κ2) is 9.36. The lowest BCUT2D eigenvalue weighted by Gasteiger charge is -2.13. The number of hydrogen-bond donors (Lipinski definition) is 1. The second-order valence-electron chi connectivity index (χ2n) is 6.27. The number of halogens is 1. The maximum absolute atomic E-state index is 12.3. The number of ether oxygens (including phenoxy) is 1. The van der Waals surface area contributed by atoms with Crippen LogP contribution in [-0.2, 0) is 9.53 Å². The smallest absolute Gasteiger partial charge is 0.340 e. The molecule has 0 saturated carbocycles. The third-order valence-electron chi connectivity index (χ3n) is 3.94. The fourth-order valence-corrected chi connectivity index (χ4v) is 2.87. The van der Waals surface area contributed by atoms with Gasteiger partial charge in [-0.3, -0.25) is 4.79 Å². The average Bonchev–Trinajstić information content (AvgIpc) is 2.58. The standard InChI is InChI=1S/C20H23ClN2O3/c1-14-11-16(21)6-8-17(14)15-5-7-18(19(12-15)22-13-24)20(25)26-10-4-9-23(2)3/h5-8,11-13H,4,9-10H2,1-3H3,(H,22,24). The molecule has 2 aromatic carbocycles. The van der Waals surface area contributed by atoms with Crippen molar-refractivity contribution in [3.8, 4) is 11.1 Å². The molecule has 1 N–H and O–H groups in total. The Hall–Kier alpha value is -2.37. The van der Waals surface area contributed by atoms with Gasteiger partial charge in [-0.1, -0.05) is 23.7 Å². The predicted molar refractivity (Wildman–Crippen MR) is 105 cm³/mol. The summed E-state index contributed by atoms with van der Waals surface area (Å²) in [5.41, 5.74) is 3.62. The highest BCUT2D eigenvalue weighted by molar-refractivity contribution is 6.30. The summed E-state index contributed by atoms with van der Waals surface area (Å²) < 4.78 is 5.31. The molecular formula is C20H23ClN2O3. The highest BCUT2D eigenvalue weighted by Crippen LogP contribution is 2.30. The van der Waals surface area contributed by atoms with E-state index in [4.69, 9.17) is 16.3 Å². The quantitative estimate of drug-likeness (QED) is 0.431. The molecule has 2 aromatic rings. The first-order valence-electron chi connectivity index (χ1n) is 8.35. The van der Waals surface area contributed by atoms with E-state index in [9.17, 15) is 9.59 Å². The van der Waals surface area contributed by atoms with Gasteiger partial charge in [0.2, 0.25) is 6.41 Å². The third-order valence-corrected chi connectivity index (χ3v) is 4.17. The number of benzene rings is 2. The molecule has 6 heteroatoms. The number of esters is 1. The zero-order chi connectivity index (χ0) is 19.1. The number of rotatable bonds is 8. The van der Waals surface area contributed by atoms with Crippen LogP contribution in [0.3, 0.4) is 0 Å². The molecule has 5 nitrogen and oxygen atoms in total. The van der Waals surface area contributed by atoms with E-state index in [0.717, 1.165) is 29.7 Å². The molecule has 26 heavy (non-hydrogen) atoms. The summed E-state index contributed by atoms with van der Waals surface area (Å²) in [7, 11) is 3.93. The first-order chi connectivity index (χ1) is 12.4. The van der Waals surface area contributed by atoms with Crippen LogP contribution in [0.25, 0.3) is 11.1 Å². The normalized spacial score (nSPS) is 10.7. The fraction of sp³-hybridized carbons (Fsp3) is 0.300. The first kappa shape index (κ1) is 19.9. The van der Waals surface area contributed by atoms with Crippen molar-refractivity contribution in [3.63, 3.8) is 0 Å². The predicted octanol–water partition coefficient (Wildman–Crippen LogP) is 3.99. The highest BCUT2D eigenvalue weighted by atomic mass is 35.5. The van der Waals surface area contributed by atoms with Gasteiger partial charge in [0.1, 0.15) is 0 Å². The minimum Gasteiger partial charge on any atom is -0.462 e. The van der Waals surface area contributed by atoms with Crippen molar-refractivity contribution in [1.82, 2.24) is 4.90 Å². The van der Waals surface area contributed by atoms with Crippen molar-refractivity contribution in [2.75, 3.05) is 32.6 Å². The van der Waals surface area contributed by atoms with Gasteiger partial charge in [-0.15, -0.1) is 0 Å². The Bertz CT molecular complexity index is 791. The van der Waals surface area contributed by atoms with E-state index < -0.39 is 5.97 Å². The van der Waals surface area contributed by atoms with Crippen LogP contribution in [0.5, 0.6) is 0 Å². The van der Waals surface area contributed by atoms with Crippen molar-refractivity contribution in [1.29, 1.82) is 0 Å². The van der Waals surface area contributed by atoms with Crippen molar-refractivity contribution < 1.29 is 14.3 Å². The van der Waals surface area contributed by atoms with E-state index in [1.165, 1.54) is 0 Å². The van der Waals surface area contributed by atoms with Gasteiger partial charge < -0.3 is 15.0 Å². The number of carbonyl (C=O) groups excluding carboxylic acids is 2. The molecule has 0 heterocycles. The van der Waals surface area contributed by atoms with Crippen molar-refractivity contribution in [2.24, 2.45) is 0 Å². The lowest BCUT2D eigenvalue weighted by molar-refractivity contribution is -0.105. The molecule has 138 valence electrons. The Morgan fingerprint density at radius 1 is 1.23 bits per heavy atom. The highest BCUT2D eigenvalue weighted by Gasteiger charge is 2.15. The maximum atomic E-state index is 12.3. The summed E-state index contributed by atoms with van der Waals surface area (Å²) in [5, 5.41) is 3.25. The van der Waals surface area contributed by atoms with Gasteiger partial charge in [0.25, 0.3) is 0 Å². The van der Waals surface area contributed by atoms with E-state index >= 15 is 0 Å². The van der Waals surface area contributed by atoms with E-state index in [2.05, 4.69) is 5.32 Å². The number of anilines is 1. The van der Waals surface area contributed by atoms with Crippen LogP contribution in [0, 0.1) is 6.92 Å². The Balaban J connectivity index is 2.22. The Morgan fingerprint density at radius 2 is 2.00 bits per heavy atom. The van der Waals surface area contributed by atoms with Gasteiger partial charge in [-0.25, -0.2) is 4.79 Å². The number of hydrogen-bond acceptors (Lipinski definition) is 4. The maximum Gasteiger partial charge on any atom is 0.340 e. The van der Waals surface area contributed by atoms with Crippen LogP contribution < -0.4 is 5.32 Å². The van der Waals surface area contributed by atoms with Crippen LogP contribution in [0.4, 0.5) is 5.69 Å². The molecule has 2 rings (SSSR count). The van der Waals surface area contributed by atoms with Crippen LogP contribution in [-0.4, -0.2) is 44.5 Å². The molecule has 0 aliphatic heterocycles. The molecule has 0 aliphatic carbocycles. The summed E-state index contributed by atoms with van der Waals surface area (Å²) in [6, 6.07) is 10.9. The largest absolute Gasteiger partial charge is 0.462 e. The van der Waals surface area contributed by atoms with E-state index in [1.807, 2.05) is 50.2 Å². The molecular weight excluding hydrogens is 352 g/mol. The summed E-state index contributed by atoms with van der Waals surface area (Å²) in [6.07, 6.45) is 1.30. The number of carbonyl (C=O) groups is 2. The zero-order valence-corrected chi connectivity index (χ0v) is 16.0. The minimum atomic E-state index is -0.451. The van der Waals surface area contributed by atoms with Crippen LogP contribution in [0.2, 0.25) is 5.02 Å². The fourth-order valence-electron chi connectivity index (χ4n) is 2.65. The molecule has 1 amide bonds. The van der Waals surface area contributed by atoms with Crippen LogP contribution in [0.15, 0.2) is 36.4 Å². The summed E-state index contributed by atoms with van der Waals surface area (Å²) in [6.45, 7) is 3.12. The molecule has 0 aliphatic rings. The number of nitrogens with one attached hydrogen (secondary N) is 1.